The second-order valence-corrected chi connectivity index (χ2v) is 8.64. The van der Waals surface area contributed by atoms with Crippen LogP contribution in [0.15, 0.2) is 59.6 Å². The summed E-state index contributed by atoms with van der Waals surface area (Å²) in [5.74, 6) is 0.0997. The molecule has 4 rings (SSSR count). The molecule has 5 heteroatoms. The van der Waals surface area contributed by atoms with Crippen molar-refractivity contribution in [3.05, 3.63) is 76.9 Å². The molecule has 0 aliphatic rings. The molecule has 4 nitrogen and oxygen atoms in total. The summed E-state index contributed by atoms with van der Waals surface area (Å²) in [6.07, 6.45) is 1.69. The molecule has 0 saturated heterocycles. The molecule has 150 valence electrons. The molecule has 0 bridgehead atoms. The third-order valence-electron chi connectivity index (χ3n) is 5.43. The minimum atomic E-state index is -0.264. The zero-order valence-corrected chi connectivity index (χ0v) is 18.2. The minimum absolute atomic E-state index is 0.0997. The summed E-state index contributed by atoms with van der Waals surface area (Å²) in [6, 6.07) is 20.1. The summed E-state index contributed by atoms with van der Waals surface area (Å²) in [7, 11) is 0. The van der Waals surface area contributed by atoms with E-state index in [1.165, 1.54) is 17.3 Å². The molecule has 0 unspecified atom stereocenters. The van der Waals surface area contributed by atoms with Crippen LogP contribution in [0.1, 0.15) is 47.8 Å². The lowest BCUT2D eigenvalue weighted by molar-refractivity contribution is 0.0994. The van der Waals surface area contributed by atoms with E-state index in [1.807, 2.05) is 72.8 Å². The van der Waals surface area contributed by atoms with Crippen LogP contribution in [0.25, 0.3) is 16.7 Å². The van der Waals surface area contributed by atoms with Gasteiger partial charge in [-0.3, -0.25) is 9.20 Å². The van der Waals surface area contributed by atoms with Crippen LogP contribution < -0.4 is 0 Å². The SMILES string of the molecule is CCc1ccc(C(=O)[C@H](C)Sc2cc(CC)c(C#N)c3nc4ccccc4n23)cc1. The first-order chi connectivity index (χ1) is 14.6. The zero-order chi connectivity index (χ0) is 21.3. The van der Waals surface area contributed by atoms with Crippen molar-refractivity contribution >= 4 is 34.2 Å². The number of aryl methyl sites for hydroxylation is 2. The number of ketones is 1. The minimum Gasteiger partial charge on any atom is -0.293 e. The third-order valence-corrected chi connectivity index (χ3v) is 6.54. The van der Waals surface area contributed by atoms with E-state index < -0.39 is 0 Å². The van der Waals surface area contributed by atoms with Crippen molar-refractivity contribution < 1.29 is 4.79 Å². The maximum Gasteiger partial charge on any atom is 0.175 e. The lowest BCUT2D eigenvalue weighted by atomic mass is 10.1. The summed E-state index contributed by atoms with van der Waals surface area (Å²) in [4.78, 5) is 17.8. The monoisotopic (exact) mass is 413 g/mol. The number of nitriles is 1. The predicted molar refractivity (Wildman–Crippen MR) is 122 cm³/mol. The molecule has 1 atom stereocenters. The molecule has 0 N–H and O–H groups in total. The molecule has 30 heavy (non-hydrogen) atoms. The van der Waals surface area contributed by atoms with Gasteiger partial charge in [-0.15, -0.1) is 0 Å². The molecule has 0 spiro atoms. The fourth-order valence-electron chi connectivity index (χ4n) is 3.71. The Labute approximate surface area is 180 Å². The molecule has 0 aliphatic carbocycles. The maximum atomic E-state index is 13.1. The topological polar surface area (TPSA) is 58.2 Å². The number of nitrogens with zero attached hydrogens (tertiary/aromatic N) is 3. The Morgan fingerprint density at radius 3 is 2.53 bits per heavy atom. The Morgan fingerprint density at radius 1 is 1.13 bits per heavy atom. The van der Waals surface area contributed by atoms with Crippen molar-refractivity contribution in [2.75, 3.05) is 0 Å². The second kappa shape index (κ2) is 8.33. The first-order valence-corrected chi connectivity index (χ1v) is 11.1. The molecule has 4 aromatic rings. The highest BCUT2D eigenvalue weighted by Gasteiger charge is 2.21. The Bertz CT molecular complexity index is 1280. The number of Topliss-reactive ketones (excluding diaryl/α,β-unsaturated/α-hetero) is 1. The first kappa shape index (κ1) is 20.2. The van der Waals surface area contributed by atoms with Gasteiger partial charge in [-0.1, -0.05) is 62.0 Å². The predicted octanol–water partition coefficient (Wildman–Crippen LogP) is 5.85. The maximum absolute atomic E-state index is 13.1. The van der Waals surface area contributed by atoms with Crippen LogP contribution in [0.2, 0.25) is 0 Å². The van der Waals surface area contributed by atoms with Gasteiger partial charge in [0, 0.05) is 5.56 Å². The van der Waals surface area contributed by atoms with E-state index in [0.29, 0.717) is 11.2 Å². The summed E-state index contributed by atoms with van der Waals surface area (Å²) < 4.78 is 2.02. The van der Waals surface area contributed by atoms with Crippen LogP contribution in [0.4, 0.5) is 0 Å². The normalized spacial score (nSPS) is 12.2. The highest BCUT2D eigenvalue weighted by atomic mass is 32.2. The molecule has 0 aliphatic heterocycles. The van der Waals surface area contributed by atoms with Crippen LogP contribution in [0.3, 0.4) is 0 Å². The van der Waals surface area contributed by atoms with Gasteiger partial charge in [0.25, 0.3) is 0 Å². The molecule has 2 aromatic carbocycles. The van der Waals surface area contributed by atoms with Crippen molar-refractivity contribution in [1.82, 2.24) is 9.38 Å². The number of benzene rings is 2. The average molecular weight is 414 g/mol. The Hall–Kier alpha value is -3.10. The Balaban J connectivity index is 1.79. The van der Waals surface area contributed by atoms with Crippen LogP contribution in [-0.4, -0.2) is 20.4 Å². The van der Waals surface area contributed by atoms with Crippen molar-refractivity contribution in [3.8, 4) is 6.07 Å². The molecule has 0 radical (unpaired) electrons. The van der Waals surface area contributed by atoms with Crippen LogP contribution in [0, 0.1) is 11.3 Å². The van der Waals surface area contributed by atoms with Gasteiger partial charge in [0.05, 0.1) is 26.9 Å². The summed E-state index contributed by atoms with van der Waals surface area (Å²) in [5.41, 5.74) is 5.95. The number of imidazole rings is 1. The highest BCUT2D eigenvalue weighted by Crippen LogP contribution is 2.33. The Kier molecular flexibility index (Phi) is 5.61. The molecular formula is C25H23N3OS. The lowest BCUT2D eigenvalue weighted by Crippen LogP contribution is -2.14. The van der Waals surface area contributed by atoms with Crippen molar-refractivity contribution in [3.63, 3.8) is 0 Å². The Morgan fingerprint density at radius 2 is 1.87 bits per heavy atom. The second-order valence-electron chi connectivity index (χ2n) is 7.28. The zero-order valence-electron chi connectivity index (χ0n) is 17.3. The smallest absolute Gasteiger partial charge is 0.175 e. The third kappa shape index (κ3) is 3.48. The average Bonchev–Trinajstić information content (AvgIpc) is 3.18. The number of hydrogen-bond donors (Lipinski definition) is 0. The van der Waals surface area contributed by atoms with Crippen molar-refractivity contribution in [2.24, 2.45) is 0 Å². The molecular weight excluding hydrogens is 390 g/mol. The van der Waals surface area contributed by atoms with Gasteiger partial charge < -0.3 is 0 Å². The molecule has 2 aromatic heterocycles. The number of rotatable bonds is 6. The number of thioether (sulfide) groups is 1. The van der Waals surface area contributed by atoms with Gasteiger partial charge in [0.2, 0.25) is 0 Å². The quantitative estimate of drug-likeness (QED) is 0.294. The highest BCUT2D eigenvalue weighted by molar-refractivity contribution is 8.00. The molecule has 0 amide bonds. The van der Waals surface area contributed by atoms with E-state index in [2.05, 4.69) is 13.0 Å². The number of hydrogen-bond acceptors (Lipinski definition) is 4. The van der Waals surface area contributed by atoms with E-state index in [1.54, 1.807) is 0 Å². The first-order valence-electron chi connectivity index (χ1n) is 10.2. The fraction of sp³-hybridized carbons (Fsp3) is 0.240. The largest absolute Gasteiger partial charge is 0.293 e. The number of para-hydroxylation sites is 2. The van der Waals surface area contributed by atoms with Gasteiger partial charge >= 0.3 is 0 Å². The summed E-state index contributed by atoms with van der Waals surface area (Å²) >= 11 is 1.52. The standard InChI is InChI=1S/C25H23N3OS/c1-4-17-10-12-19(13-11-17)24(29)16(3)30-23-14-18(5-2)20(15-26)25-27-21-8-6-7-9-22(21)28(23)25/h6-14,16H,4-5H2,1-3H3/t16-/m0/s1. The van der Waals surface area contributed by atoms with Gasteiger partial charge in [-0.2, -0.15) is 5.26 Å². The lowest BCUT2D eigenvalue weighted by Gasteiger charge is -2.15. The van der Waals surface area contributed by atoms with Gasteiger partial charge in [0.15, 0.2) is 11.4 Å². The molecule has 0 fully saturated rings. The molecule has 2 heterocycles. The molecule has 0 saturated carbocycles. The van der Waals surface area contributed by atoms with Gasteiger partial charge in [-0.25, -0.2) is 4.98 Å². The van der Waals surface area contributed by atoms with Crippen LogP contribution in [0.5, 0.6) is 0 Å². The van der Waals surface area contributed by atoms with E-state index in [4.69, 9.17) is 4.98 Å². The summed E-state index contributed by atoms with van der Waals surface area (Å²) in [6.45, 7) is 6.08. The van der Waals surface area contributed by atoms with E-state index in [-0.39, 0.29) is 11.0 Å². The number of carbonyl (C=O) groups excluding carboxylic acids is 1. The number of carbonyl (C=O) groups is 1. The number of aromatic nitrogens is 2. The summed E-state index contributed by atoms with van der Waals surface area (Å²) in [5, 5.41) is 10.4. The van der Waals surface area contributed by atoms with Crippen LogP contribution in [-0.2, 0) is 12.8 Å². The van der Waals surface area contributed by atoms with Crippen LogP contribution >= 0.6 is 11.8 Å². The van der Waals surface area contributed by atoms with E-state index in [0.717, 1.165) is 40.0 Å². The van der Waals surface area contributed by atoms with Crippen molar-refractivity contribution in [2.45, 2.75) is 43.9 Å². The van der Waals surface area contributed by atoms with Gasteiger partial charge in [-0.05, 0) is 49.1 Å². The number of fused-ring (bicyclic) bond motifs is 3. The fourth-order valence-corrected chi connectivity index (χ4v) is 4.81. The van der Waals surface area contributed by atoms with E-state index >= 15 is 0 Å². The van der Waals surface area contributed by atoms with Gasteiger partial charge in [0.1, 0.15) is 6.07 Å². The van der Waals surface area contributed by atoms with E-state index in [9.17, 15) is 10.1 Å². The van der Waals surface area contributed by atoms with Crippen molar-refractivity contribution in [1.29, 1.82) is 5.26 Å². The number of pyridine rings is 1.